The van der Waals surface area contributed by atoms with Gasteiger partial charge in [0.2, 0.25) is 0 Å². The van der Waals surface area contributed by atoms with Crippen molar-refractivity contribution in [2.75, 3.05) is 13.9 Å². The van der Waals surface area contributed by atoms with E-state index in [0.717, 1.165) is 18.6 Å². The van der Waals surface area contributed by atoms with Gasteiger partial charge >= 0.3 is 0 Å². The number of rotatable bonds is 6. The zero-order chi connectivity index (χ0) is 11.8. The Morgan fingerprint density at radius 2 is 1.88 bits per heavy atom. The minimum absolute atomic E-state index is 0.303. The number of hydrogen-bond donors (Lipinski definition) is 0. The van der Waals surface area contributed by atoms with Gasteiger partial charge in [-0.2, -0.15) is 0 Å². The van der Waals surface area contributed by atoms with E-state index in [1.807, 2.05) is 12.1 Å². The van der Waals surface area contributed by atoms with E-state index in [1.54, 1.807) is 7.11 Å². The summed E-state index contributed by atoms with van der Waals surface area (Å²) >= 11 is 0. The highest BCUT2D eigenvalue weighted by Gasteiger charge is 1.94. The van der Waals surface area contributed by atoms with Crippen molar-refractivity contribution in [3.63, 3.8) is 0 Å². The molecule has 1 rings (SSSR count). The number of hydrogen-bond acceptors (Lipinski definition) is 2. The second-order valence-corrected chi connectivity index (χ2v) is 4.01. The third-order valence-electron chi connectivity index (χ3n) is 2.25. The lowest BCUT2D eigenvalue weighted by Crippen LogP contribution is -1.98. The molecule has 0 aliphatic carbocycles. The van der Waals surface area contributed by atoms with Crippen LogP contribution in [0.3, 0.4) is 0 Å². The van der Waals surface area contributed by atoms with Gasteiger partial charge in [-0.1, -0.05) is 23.8 Å². The van der Waals surface area contributed by atoms with E-state index >= 15 is 0 Å². The topological polar surface area (TPSA) is 18.5 Å². The number of allylic oxidation sites excluding steroid dienone is 2. The van der Waals surface area contributed by atoms with Crippen LogP contribution in [0.2, 0.25) is 0 Å². The Morgan fingerprint density at radius 1 is 1.19 bits per heavy atom. The van der Waals surface area contributed by atoms with Gasteiger partial charge in [0.25, 0.3) is 0 Å². The highest BCUT2D eigenvalue weighted by atomic mass is 16.7. The quantitative estimate of drug-likeness (QED) is 0.539. The van der Waals surface area contributed by atoms with Gasteiger partial charge in [0, 0.05) is 7.11 Å². The summed E-state index contributed by atoms with van der Waals surface area (Å²) in [7, 11) is 1.62. The number of ether oxygens (including phenoxy) is 2. The first-order valence-corrected chi connectivity index (χ1v) is 5.56. The molecule has 0 radical (unpaired) electrons. The fraction of sp³-hybridized carbons (Fsp3) is 0.429. The first-order chi connectivity index (χ1) is 7.72. The normalized spacial score (nSPS) is 9.94. The van der Waals surface area contributed by atoms with Crippen molar-refractivity contribution >= 4 is 0 Å². The molecular formula is C14H20O2. The zero-order valence-electron chi connectivity index (χ0n) is 10.3. The van der Waals surface area contributed by atoms with Crippen molar-refractivity contribution in [3.05, 3.63) is 41.5 Å². The summed E-state index contributed by atoms with van der Waals surface area (Å²) in [5.41, 5.74) is 2.71. The second kappa shape index (κ2) is 7.07. The second-order valence-electron chi connectivity index (χ2n) is 4.01. The van der Waals surface area contributed by atoms with Crippen molar-refractivity contribution in [2.24, 2.45) is 0 Å². The van der Waals surface area contributed by atoms with Crippen LogP contribution in [0.4, 0.5) is 0 Å². The number of aryl methyl sites for hydroxylation is 1. The standard InChI is InChI=1S/C14H20O2/c1-12(2)5-4-6-13-7-9-14(10-8-13)16-11-15-3/h5,7-10H,4,6,11H2,1-3H3. The van der Waals surface area contributed by atoms with Gasteiger partial charge in [0.05, 0.1) is 0 Å². The van der Waals surface area contributed by atoms with Crippen LogP contribution in [0, 0.1) is 0 Å². The van der Waals surface area contributed by atoms with Crippen molar-refractivity contribution in [1.82, 2.24) is 0 Å². The molecule has 88 valence electrons. The van der Waals surface area contributed by atoms with Crippen LogP contribution in [0.25, 0.3) is 0 Å². The van der Waals surface area contributed by atoms with Crippen LogP contribution in [-0.2, 0) is 11.2 Å². The van der Waals surface area contributed by atoms with Crippen LogP contribution in [0.5, 0.6) is 5.75 Å². The van der Waals surface area contributed by atoms with Crippen LogP contribution in [-0.4, -0.2) is 13.9 Å². The molecule has 16 heavy (non-hydrogen) atoms. The zero-order valence-corrected chi connectivity index (χ0v) is 10.3. The van der Waals surface area contributed by atoms with E-state index < -0.39 is 0 Å². The lowest BCUT2D eigenvalue weighted by atomic mass is 10.1. The highest BCUT2D eigenvalue weighted by Crippen LogP contribution is 2.13. The molecule has 0 saturated heterocycles. The SMILES string of the molecule is COCOc1ccc(CCC=C(C)C)cc1. The molecule has 0 saturated carbocycles. The Bertz CT molecular complexity index is 321. The van der Waals surface area contributed by atoms with E-state index in [4.69, 9.17) is 9.47 Å². The molecule has 1 aromatic rings. The molecule has 0 atom stereocenters. The minimum Gasteiger partial charge on any atom is -0.468 e. The number of benzene rings is 1. The monoisotopic (exact) mass is 220 g/mol. The van der Waals surface area contributed by atoms with Crippen LogP contribution in [0.1, 0.15) is 25.8 Å². The Morgan fingerprint density at radius 3 is 2.44 bits per heavy atom. The van der Waals surface area contributed by atoms with E-state index in [9.17, 15) is 0 Å². The summed E-state index contributed by atoms with van der Waals surface area (Å²) in [6, 6.07) is 8.17. The highest BCUT2D eigenvalue weighted by molar-refractivity contribution is 5.27. The predicted octanol–water partition coefficient (Wildman–Crippen LogP) is 3.57. The van der Waals surface area contributed by atoms with Crippen molar-refractivity contribution in [3.8, 4) is 5.75 Å². The van der Waals surface area contributed by atoms with E-state index in [1.165, 1.54) is 11.1 Å². The maximum absolute atomic E-state index is 5.32. The van der Waals surface area contributed by atoms with E-state index in [2.05, 4.69) is 32.1 Å². The molecule has 0 aromatic heterocycles. The largest absolute Gasteiger partial charge is 0.468 e. The molecule has 0 spiro atoms. The summed E-state index contributed by atoms with van der Waals surface area (Å²) in [6.45, 7) is 4.56. The third kappa shape index (κ3) is 4.99. The van der Waals surface area contributed by atoms with Gasteiger partial charge in [-0.05, 0) is 44.4 Å². The summed E-state index contributed by atoms with van der Waals surface area (Å²) < 4.78 is 10.2. The van der Waals surface area contributed by atoms with Gasteiger partial charge < -0.3 is 9.47 Å². The Hall–Kier alpha value is -1.28. The van der Waals surface area contributed by atoms with Gasteiger partial charge in [-0.15, -0.1) is 0 Å². The molecule has 0 fully saturated rings. The summed E-state index contributed by atoms with van der Waals surface area (Å²) in [5.74, 6) is 0.854. The summed E-state index contributed by atoms with van der Waals surface area (Å²) in [5, 5.41) is 0. The van der Waals surface area contributed by atoms with Crippen LogP contribution in [0.15, 0.2) is 35.9 Å². The first-order valence-electron chi connectivity index (χ1n) is 5.56. The Kier molecular flexibility index (Phi) is 5.65. The molecule has 0 unspecified atom stereocenters. The predicted molar refractivity (Wildman–Crippen MR) is 66.7 cm³/mol. The maximum atomic E-state index is 5.32. The molecular weight excluding hydrogens is 200 g/mol. The lowest BCUT2D eigenvalue weighted by Gasteiger charge is -2.05. The average Bonchev–Trinajstić information content (AvgIpc) is 2.27. The Balaban J connectivity index is 2.42. The average molecular weight is 220 g/mol. The Labute approximate surface area is 97.9 Å². The maximum Gasteiger partial charge on any atom is 0.188 e. The fourth-order valence-corrected chi connectivity index (χ4v) is 1.41. The molecule has 2 heteroatoms. The van der Waals surface area contributed by atoms with Crippen molar-refractivity contribution in [1.29, 1.82) is 0 Å². The van der Waals surface area contributed by atoms with Gasteiger partial charge in [-0.3, -0.25) is 0 Å². The van der Waals surface area contributed by atoms with Gasteiger partial charge in [0.15, 0.2) is 6.79 Å². The fourth-order valence-electron chi connectivity index (χ4n) is 1.41. The molecule has 0 aliphatic heterocycles. The lowest BCUT2D eigenvalue weighted by molar-refractivity contribution is 0.0511. The first kappa shape index (κ1) is 12.8. The summed E-state index contributed by atoms with van der Waals surface area (Å²) in [6.07, 6.45) is 4.44. The van der Waals surface area contributed by atoms with Crippen LogP contribution < -0.4 is 4.74 Å². The molecule has 0 bridgehead atoms. The smallest absolute Gasteiger partial charge is 0.188 e. The van der Waals surface area contributed by atoms with Crippen molar-refractivity contribution < 1.29 is 9.47 Å². The number of methoxy groups -OCH3 is 1. The molecule has 0 aliphatic rings. The summed E-state index contributed by atoms with van der Waals surface area (Å²) in [4.78, 5) is 0. The van der Waals surface area contributed by atoms with Gasteiger partial charge in [0.1, 0.15) is 5.75 Å². The third-order valence-corrected chi connectivity index (χ3v) is 2.25. The molecule has 1 aromatic carbocycles. The molecule has 0 heterocycles. The minimum atomic E-state index is 0.303. The van der Waals surface area contributed by atoms with Crippen LogP contribution >= 0.6 is 0 Å². The molecule has 0 amide bonds. The van der Waals surface area contributed by atoms with E-state index in [-0.39, 0.29) is 0 Å². The van der Waals surface area contributed by atoms with E-state index in [0.29, 0.717) is 6.79 Å². The van der Waals surface area contributed by atoms with Gasteiger partial charge in [-0.25, -0.2) is 0 Å². The molecule has 2 nitrogen and oxygen atoms in total. The molecule has 0 N–H and O–H groups in total. The van der Waals surface area contributed by atoms with Crippen molar-refractivity contribution in [2.45, 2.75) is 26.7 Å².